The highest BCUT2D eigenvalue weighted by Crippen LogP contribution is 2.26. The molecule has 1 unspecified atom stereocenters. The topological polar surface area (TPSA) is 48.1 Å². The largest absolute Gasteiger partial charge is 0.486 e. The zero-order chi connectivity index (χ0) is 14.7. The van der Waals surface area contributed by atoms with Crippen molar-refractivity contribution < 1.29 is 4.74 Å². The van der Waals surface area contributed by atoms with Crippen LogP contribution in [-0.4, -0.2) is 11.0 Å². The fraction of sp³-hybridized carbons (Fsp3) is 0.400. The van der Waals surface area contributed by atoms with E-state index in [1.165, 1.54) is 4.88 Å². The summed E-state index contributed by atoms with van der Waals surface area (Å²) in [4.78, 5) is 5.74. The predicted octanol–water partition coefficient (Wildman–Crippen LogP) is 3.99. The molecular weight excluding hydrogens is 336 g/mol. The van der Waals surface area contributed by atoms with E-state index >= 15 is 0 Å². The van der Waals surface area contributed by atoms with Crippen molar-refractivity contribution in [3.8, 4) is 5.75 Å². The Balaban J connectivity index is 2.12. The third-order valence-corrected chi connectivity index (χ3v) is 4.53. The number of aromatic nitrogens is 1. The van der Waals surface area contributed by atoms with Gasteiger partial charge in [-0.25, -0.2) is 4.98 Å². The van der Waals surface area contributed by atoms with E-state index in [0.717, 1.165) is 32.9 Å². The van der Waals surface area contributed by atoms with Crippen LogP contribution in [0.3, 0.4) is 0 Å². The standard InChI is InChI=1S/C15H19BrN2OS/c1-9(17)6-12-7-13(16)4-5-14(12)19-8-15-18-10(2)11(3)20-15/h4-5,7,9H,6,8,17H2,1-3H3. The molecule has 0 radical (unpaired) electrons. The molecule has 0 saturated heterocycles. The molecule has 0 aliphatic rings. The van der Waals surface area contributed by atoms with Gasteiger partial charge in [0.05, 0.1) is 5.69 Å². The lowest BCUT2D eigenvalue weighted by Gasteiger charge is -2.13. The van der Waals surface area contributed by atoms with Gasteiger partial charge in [-0.2, -0.15) is 0 Å². The summed E-state index contributed by atoms with van der Waals surface area (Å²) in [6.45, 7) is 6.61. The monoisotopic (exact) mass is 354 g/mol. The van der Waals surface area contributed by atoms with Gasteiger partial charge in [-0.3, -0.25) is 0 Å². The summed E-state index contributed by atoms with van der Waals surface area (Å²) in [5, 5.41) is 1.01. The maximum absolute atomic E-state index is 5.92. The molecule has 0 aliphatic carbocycles. The fourth-order valence-corrected chi connectivity index (χ4v) is 3.19. The van der Waals surface area contributed by atoms with E-state index in [4.69, 9.17) is 10.5 Å². The lowest BCUT2D eigenvalue weighted by atomic mass is 10.1. The first-order valence-electron chi connectivity index (χ1n) is 6.55. The first-order chi connectivity index (χ1) is 9.45. The Morgan fingerprint density at radius 3 is 2.75 bits per heavy atom. The molecule has 20 heavy (non-hydrogen) atoms. The number of thiazole rings is 1. The van der Waals surface area contributed by atoms with Gasteiger partial charge < -0.3 is 10.5 Å². The van der Waals surface area contributed by atoms with Crippen LogP contribution in [0.4, 0.5) is 0 Å². The van der Waals surface area contributed by atoms with Crippen LogP contribution in [0.1, 0.15) is 28.1 Å². The summed E-state index contributed by atoms with van der Waals surface area (Å²) in [6, 6.07) is 6.14. The molecule has 1 heterocycles. The van der Waals surface area contributed by atoms with Crippen molar-refractivity contribution in [2.45, 2.75) is 39.8 Å². The molecular formula is C15H19BrN2OS. The number of nitrogens with zero attached hydrogens (tertiary/aromatic N) is 1. The predicted molar refractivity (Wildman–Crippen MR) is 87.4 cm³/mol. The van der Waals surface area contributed by atoms with Gasteiger partial charge in [-0.05, 0) is 51.0 Å². The van der Waals surface area contributed by atoms with E-state index in [-0.39, 0.29) is 6.04 Å². The summed E-state index contributed by atoms with van der Waals surface area (Å²) in [6.07, 6.45) is 0.796. The molecule has 2 rings (SSSR count). The quantitative estimate of drug-likeness (QED) is 0.882. The minimum Gasteiger partial charge on any atom is -0.486 e. The highest BCUT2D eigenvalue weighted by atomic mass is 79.9. The number of halogens is 1. The van der Waals surface area contributed by atoms with Gasteiger partial charge in [-0.15, -0.1) is 11.3 Å². The third-order valence-electron chi connectivity index (χ3n) is 2.99. The van der Waals surface area contributed by atoms with Gasteiger partial charge in [0.1, 0.15) is 17.4 Å². The van der Waals surface area contributed by atoms with E-state index in [1.54, 1.807) is 11.3 Å². The van der Waals surface area contributed by atoms with Gasteiger partial charge in [-0.1, -0.05) is 15.9 Å². The van der Waals surface area contributed by atoms with Crippen LogP contribution in [0.15, 0.2) is 22.7 Å². The summed E-state index contributed by atoms with van der Waals surface area (Å²) in [7, 11) is 0. The van der Waals surface area contributed by atoms with Crippen LogP contribution in [0.5, 0.6) is 5.75 Å². The van der Waals surface area contributed by atoms with Crippen LogP contribution >= 0.6 is 27.3 Å². The molecule has 0 bridgehead atoms. The minimum atomic E-state index is 0.107. The second kappa shape index (κ2) is 6.70. The zero-order valence-corrected chi connectivity index (χ0v) is 14.3. The van der Waals surface area contributed by atoms with Crippen LogP contribution in [-0.2, 0) is 13.0 Å². The van der Waals surface area contributed by atoms with Gasteiger partial charge in [0, 0.05) is 15.4 Å². The molecule has 108 valence electrons. The summed E-state index contributed by atoms with van der Waals surface area (Å²) in [5.41, 5.74) is 8.10. The minimum absolute atomic E-state index is 0.107. The smallest absolute Gasteiger partial charge is 0.140 e. The fourth-order valence-electron chi connectivity index (χ4n) is 1.94. The van der Waals surface area contributed by atoms with Crippen molar-refractivity contribution in [3.63, 3.8) is 0 Å². The SMILES string of the molecule is Cc1nc(COc2ccc(Br)cc2CC(C)N)sc1C. The molecule has 3 nitrogen and oxygen atoms in total. The first-order valence-corrected chi connectivity index (χ1v) is 8.16. The average molecular weight is 355 g/mol. The number of ether oxygens (including phenoxy) is 1. The summed E-state index contributed by atoms with van der Waals surface area (Å²) in [5.74, 6) is 0.885. The third kappa shape index (κ3) is 4.04. The molecule has 0 spiro atoms. The molecule has 2 N–H and O–H groups in total. The molecule has 0 saturated carbocycles. The van der Waals surface area contributed by atoms with Crippen molar-refractivity contribution >= 4 is 27.3 Å². The van der Waals surface area contributed by atoms with Crippen molar-refractivity contribution in [1.29, 1.82) is 0 Å². The van der Waals surface area contributed by atoms with Gasteiger partial charge in [0.2, 0.25) is 0 Å². The van der Waals surface area contributed by atoms with E-state index in [0.29, 0.717) is 6.61 Å². The Morgan fingerprint density at radius 2 is 2.15 bits per heavy atom. The van der Waals surface area contributed by atoms with Crippen molar-refractivity contribution in [2.75, 3.05) is 0 Å². The van der Waals surface area contributed by atoms with E-state index in [9.17, 15) is 0 Å². The summed E-state index contributed by atoms with van der Waals surface area (Å²) >= 11 is 5.17. The van der Waals surface area contributed by atoms with Crippen molar-refractivity contribution in [2.24, 2.45) is 5.73 Å². The molecule has 2 aromatic rings. The van der Waals surface area contributed by atoms with Crippen LogP contribution < -0.4 is 10.5 Å². The molecule has 1 aromatic heterocycles. The average Bonchev–Trinajstić information content (AvgIpc) is 2.67. The maximum Gasteiger partial charge on any atom is 0.140 e. The second-order valence-electron chi connectivity index (χ2n) is 4.97. The number of hydrogen-bond donors (Lipinski definition) is 1. The highest BCUT2D eigenvalue weighted by Gasteiger charge is 2.09. The van der Waals surface area contributed by atoms with E-state index in [2.05, 4.69) is 33.9 Å². The highest BCUT2D eigenvalue weighted by molar-refractivity contribution is 9.10. The van der Waals surface area contributed by atoms with Crippen LogP contribution in [0.25, 0.3) is 0 Å². The molecule has 1 atom stereocenters. The molecule has 1 aromatic carbocycles. The second-order valence-corrected chi connectivity index (χ2v) is 7.17. The zero-order valence-electron chi connectivity index (χ0n) is 11.9. The van der Waals surface area contributed by atoms with Crippen LogP contribution in [0, 0.1) is 13.8 Å². The maximum atomic E-state index is 5.92. The Hall–Kier alpha value is -0.910. The first kappa shape index (κ1) is 15.5. The van der Waals surface area contributed by atoms with Gasteiger partial charge >= 0.3 is 0 Å². The Labute approximate surface area is 132 Å². The molecule has 0 aliphatic heterocycles. The van der Waals surface area contributed by atoms with Crippen molar-refractivity contribution in [1.82, 2.24) is 4.98 Å². The van der Waals surface area contributed by atoms with Gasteiger partial charge in [0.15, 0.2) is 0 Å². The number of nitrogens with two attached hydrogens (primary N) is 1. The Morgan fingerprint density at radius 1 is 1.40 bits per heavy atom. The lowest BCUT2D eigenvalue weighted by molar-refractivity contribution is 0.301. The van der Waals surface area contributed by atoms with Gasteiger partial charge in [0.25, 0.3) is 0 Å². The Bertz CT molecular complexity index is 576. The van der Waals surface area contributed by atoms with Crippen molar-refractivity contribution in [3.05, 3.63) is 43.8 Å². The van der Waals surface area contributed by atoms with E-state index < -0.39 is 0 Å². The van der Waals surface area contributed by atoms with E-state index in [1.807, 2.05) is 26.0 Å². The van der Waals surface area contributed by atoms with Crippen LogP contribution in [0.2, 0.25) is 0 Å². The normalized spacial score (nSPS) is 12.4. The lowest BCUT2D eigenvalue weighted by Crippen LogP contribution is -2.18. The summed E-state index contributed by atoms with van der Waals surface area (Å²) < 4.78 is 6.96. The number of aryl methyl sites for hydroxylation is 2. The molecule has 0 fully saturated rings. The number of benzene rings is 1. The number of rotatable bonds is 5. The molecule has 0 amide bonds. The Kier molecular flexibility index (Phi) is 5.18. The molecule has 5 heteroatoms. The number of hydrogen-bond acceptors (Lipinski definition) is 4.